The lowest BCUT2D eigenvalue weighted by Crippen LogP contribution is -2.53. The summed E-state index contributed by atoms with van der Waals surface area (Å²) in [6, 6.07) is 21.3. The molecule has 226 valence electrons. The fourth-order valence-corrected chi connectivity index (χ4v) is 6.26. The highest BCUT2D eigenvalue weighted by atomic mass is 16.5. The minimum absolute atomic E-state index is 0.219. The number of benzene rings is 3. The Bertz CT molecular complexity index is 1570. The molecule has 0 saturated carbocycles. The summed E-state index contributed by atoms with van der Waals surface area (Å²) >= 11 is 0. The predicted octanol–water partition coefficient (Wildman–Crippen LogP) is 6.25. The van der Waals surface area contributed by atoms with E-state index in [4.69, 9.17) is 4.74 Å². The fraction of sp³-hybridized carbons (Fsp3) is 0.371. The molecule has 3 aromatic carbocycles. The van der Waals surface area contributed by atoms with E-state index < -0.39 is 6.04 Å². The Labute approximate surface area is 254 Å². The number of anilines is 1. The van der Waals surface area contributed by atoms with E-state index in [-0.39, 0.29) is 17.9 Å². The zero-order valence-corrected chi connectivity index (χ0v) is 25.8. The standard InChI is InChI=1S/C35H43N5O3/c1-23-10-6-7-11-27(23)26-16-18-40(19-17-26)35(42)38-33(24(2)29-21-36-30-13-9-8-12-28(29)30)34(41)37-31-20-25(22-39(3)4)14-15-32(31)43-5/h6-15,20-21,24,26,33,36H,16-19,22H2,1-5H3,(H,37,41)(H,38,42)/t24-,33+/m0/s1. The van der Waals surface area contributed by atoms with Crippen LogP contribution in [0.15, 0.2) is 72.9 Å². The predicted molar refractivity (Wildman–Crippen MR) is 173 cm³/mol. The average Bonchev–Trinajstić information content (AvgIpc) is 3.44. The van der Waals surface area contributed by atoms with Crippen molar-refractivity contribution in [3.05, 3.63) is 95.2 Å². The van der Waals surface area contributed by atoms with E-state index in [0.717, 1.165) is 41.4 Å². The number of piperidine rings is 1. The Kier molecular flexibility index (Phi) is 9.36. The van der Waals surface area contributed by atoms with Gasteiger partial charge >= 0.3 is 6.03 Å². The SMILES string of the molecule is COc1ccc(CN(C)C)cc1NC(=O)[C@H](NC(=O)N1CCC(c2ccccc2C)CC1)[C@@H](C)c1c[nH]c2ccccc12. The second-order valence-electron chi connectivity index (χ2n) is 11.9. The molecule has 0 spiro atoms. The Morgan fingerprint density at radius 2 is 1.77 bits per heavy atom. The van der Waals surface area contributed by atoms with Gasteiger partial charge in [-0.05, 0) is 80.2 Å². The Morgan fingerprint density at radius 3 is 2.49 bits per heavy atom. The van der Waals surface area contributed by atoms with Crippen molar-refractivity contribution in [1.82, 2.24) is 20.1 Å². The number of methoxy groups -OCH3 is 1. The number of likely N-dealkylation sites (tertiary alicyclic amines) is 1. The van der Waals surface area contributed by atoms with Crippen LogP contribution in [0, 0.1) is 6.92 Å². The van der Waals surface area contributed by atoms with E-state index in [2.05, 4.69) is 51.7 Å². The van der Waals surface area contributed by atoms with Crippen molar-refractivity contribution in [2.75, 3.05) is 39.6 Å². The third-order valence-corrected chi connectivity index (χ3v) is 8.60. The molecule has 1 fully saturated rings. The van der Waals surface area contributed by atoms with Crippen LogP contribution in [0.2, 0.25) is 0 Å². The number of hydrogen-bond donors (Lipinski definition) is 3. The first-order valence-electron chi connectivity index (χ1n) is 15.0. The smallest absolute Gasteiger partial charge is 0.318 e. The van der Waals surface area contributed by atoms with Crippen LogP contribution in [-0.2, 0) is 11.3 Å². The van der Waals surface area contributed by atoms with Crippen molar-refractivity contribution in [2.24, 2.45) is 0 Å². The van der Waals surface area contributed by atoms with Crippen molar-refractivity contribution in [3.8, 4) is 5.75 Å². The first-order valence-corrected chi connectivity index (χ1v) is 15.0. The van der Waals surface area contributed by atoms with E-state index in [1.165, 1.54) is 11.1 Å². The van der Waals surface area contributed by atoms with Crippen molar-refractivity contribution < 1.29 is 14.3 Å². The summed E-state index contributed by atoms with van der Waals surface area (Å²) in [6.07, 6.45) is 3.72. The zero-order chi connectivity index (χ0) is 30.5. The van der Waals surface area contributed by atoms with Gasteiger partial charge in [0.05, 0.1) is 12.8 Å². The van der Waals surface area contributed by atoms with Gasteiger partial charge < -0.3 is 30.2 Å². The van der Waals surface area contributed by atoms with Crippen LogP contribution in [0.25, 0.3) is 10.9 Å². The maximum absolute atomic E-state index is 14.1. The van der Waals surface area contributed by atoms with Crippen LogP contribution in [0.4, 0.5) is 10.5 Å². The molecule has 4 aromatic rings. The number of para-hydroxylation sites is 1. The molecular formula is C35H43N5O3. The molecule has 8 nitrogen and oxygen atoms in total. The molecule has 3 amide bonds. The van der Waals surface area contributed by atoms with Crippen molar-refractivity contribution in [3.63, 3.8) is 0 Å². The molecule has 0 bridgehead atoms. The monoisotopic (exact) mass is 581 g/mol. The number of nitrogens with zero attached hydrogens (tertiary/aromatic N) is 2. The van der Waals surface area contributed by atoms with Crippen molar-refractivity contribution >= 4 is 28.5 Å². The molecule has 0 aliphatic carbocycles. The van der Waals surface area contributed by atoms with Crippen LogP contribution in [0.1, 0.15) is 53.9 Å². The quantitative estimate of drug-likeness (QED) is 0.218. The molecule has 3 N–H and O–H groups in total. The number of aryl methyl sites for hydroxylation is 1. The molecule has 5 rings (SSSR count). The minimum atomic E-state index is -0.817. The van der Waals surface area contributed by atoms with Gasteiger partial charge in [0.25, 0.3) is 0 Å². The number of nitrogens with one attached hydrogen (secondary N) is 3. The summed E-state index contributed by atoms with van der Waals surface area (Å²) in [5.41, 5.74) is 6.24. The first kappa shape index (κ1) is 30.2. The van der Waals surface area contributed by atoms with Gasteiger partial charge in [-0.1, -0.05) is 55.5 Å². The van der Waals surface area contributed by atoms with E-state index in [0.29, 0.717) is 30.4 Å². The summed E-state index contributed by atoms with van der Waals surface area (Å²) in [4.78, 5) is 35.0. The number of fused-ring (bicyclic) bond motifs is 1. The topological polar surface area (TPSA) is 89.7 Å². The number of rotatable bonds is 9. The van der Waals surface area contributed by atoms with E-state index >= 15 is 0 Å². The Balaban J connectivity index is 1.37. The summed E-state index contributed by atoms with van der Waals surface area (Å²) < 4.78 is 5.58. The molecule has 2 atom stereocenters. The summed E-state index contributed by atoms with van der Waals surface area (Å²) in [6.45, 7) is 6.14. The molecule has 1 aliphatic rings. The highest BCUT2D eigenvalue weighted by molar-refractivity contribution is 5.99. The van der Waals surface area contributed by atoms with Gasteiger partial charge in [0.1, 0.15) is 11.8 Å². The molecule has 8 heteroatoms. The van der Waals surface area contributed by atoms with Crippen LogP contribution in [0.3, 0.4) is 0 Å². The maximum Gasteiger partial charge on any atom is 0.318 e. The zero-order valence-electron chi connectivity index (χ0n) is 25.8. The molecule has 0 unspecified atom stereocenters. The number of carbonyl (C=O) groups excluding carboxylic acids is 2. The number of urea groups is 1. The average molecular weight is 582 g/mol. The van der Waals surface area contributed by atoms with Crippen LogP contribution in [0.5, 0.6) is 5.75 Å². The number of amides is 3. The molecular weight excluding hydrogens is 538 g/mol. The lowest BCUT2D eigenvalue weighted by Gasteiger charge is -2.34. The van der Waals surface area contributed by atoms with Gasteiger partial charge in [-0.25, -0.2) is 4.79 Å². The number of aromatic nitrogens is 1. The van der Waals surface area contributed by atoms with Gasteiger partial charge in [0, 0.05) is 42.7 Å². The van der Waals surface area contributed by atoms with Crippen molar-refractivity contribution in [1.29, 1.82) is 0 Å². The lowest BCUT2D eigenvalue weighted by atomic mass is 9.87. The fourth-order valence-electron chi connectivity index (χ4n) is 6.26. The van der Waals surface area contributed by atoms with Gasteiger partial charge in [-0.3, -0.25) is 4.79 Å². The second kappa shape index (κ2) is 13.3. The van der Waals surface area contributed by atoms with Gasteiger partial charge in [0.2, 0.25) is 5.91 Å². The first-order chi connectivity index (χ1) is 20.7. The lowest BCUT2D eigenvalue weighted by molar-refractivity contribution is -0.118. The maximum atomic E-state index is 14.1. The number of H-pyrrole nitrogens is 1. The van der Waals surface area contributed by atoms with Gasteiger partial charge in [-0.2, -0.15) is 0 Å². The molecule has 0 radical (unpaired) electrons. The van der Waals surface area contributed by atoms with Gasteiger partial charge in [0.15, 0.2) is 0 Å². The van der Waals surface area contributed by atoms with Gasteiger partial charge in [-0.15, -0.1) is 0 Å². The highest BCUT2D eigenvalue weighted by Crippen LogP contribution is 2.32. The number of aromatic amines is 1. The molecule has 1 aromatic heterocycles. The summed E-state index contributed by atoms with van der Waals surface area (Å²) in [5, 5.41) is 7.24. The Hall–Kier alpha value is -4.30. The summed E-state index contributed by atoms with van der Waals surface area (Å²) in [7, 11) is 5.59. The normalized spacial score (nSPS) is 15.3. The molecule has 1 aliphatic heterocycles. The van der Waals surface area contributed by atoms with Crippen LogP contribution >= 0.6 is 0 Å². The van der Waals surface area contributed by atoms with E-state index in [9.17, 15) is 9.59 Å². The van der Waals surface area contributed by atoms with Crippen LogP contribution in [-0.4, -0.2) is 67.1 Å². The molecule has 1 saturated heterocycles. The number of ether oxygens (including phenoxy) is 1. The number of carbonyl (C=O) groups is 2. The second-order valence-corrected chi connectivity index (χ2v) is 11.9. The third-order valence-electron chi connectivity index (χ3n) is 8.60. The highest BCUT2D eigenvalue weighted by Gasteiger charge is 2.33. The van der Waals surface area contributed by atoms with Crippen LogP contribution < -0.4 is 15.4 Å². The largest absolute Gasteiger partial charge is 0.495 e. The minimum Gasteiger partial charge on any atom is -0.495 e. The number of hydrogen-bond acceptors (Lipinski definition) is 4. The molecule has 2 heterocycles. The van der Waals surface area contributed by atoms with E-state index in [1.54, 1.807) is 7.11 Å². The summed E-state index contributed by atoms with van der Waals surface area (Å²) in [5.74, 6) is 0.400. The Morgan fingerprint density at radius 1 is 1.05 bits per heavy atom. The van der Waals surface area contributed by atoms with E-state index in [1.807, 2.05) is 74.6 Å². The molecule has 43 heavy (non-hydrogen) atoms. The van der Waals surface area contributed by atoms with Crippen molar-refractivity contribution in [2.45, 2.75) is 51.1 Å². The third kappa shape index (κ3) is 6.86.